The van der Waals surface area contributed by atoms with Crippen molar-refractivity contribution in [2.75, 3.05) is 13.2 Å². The molecule has 0 N–H and O–H groups in total. The van der Waals surface area contributed by atoms with E-state index in [1.54, 1.807) is 38.1 Å². The topological polar surface area (TPSA) is 61.8 Å². The highest BCUT2D eigenvalue weighted by Gasteiger charge is 2.31. The summed E-state index contributed by atoms with van der Waals surface area (Å²) in [7, 11) is 0. The number of hydrogen-bond acceptors (Lipinski definition) is 5. The Bertz CT molecular complexity index is 467. The maximum absolute atomic E-state index is 11.9. The third kappa shape index (κ3) is 5.48. The van der Waals surface area contributed by atoms with Gasteiger partial charge in [0.2, 0.25) is 0 Å². The molecule has 6 heteroatoms. The van der Waals surface area contributed by atoms with Crippen molar-refractivity contribution < 1.29 is 23.8 Å². The van der Waals surface area contributed by atoms with Gasteiger partial charge in [0.15, 0.2) is 5.60 Å². The van der Waals surface area contributed by atoms with E-state index in [-0.39, 0.29) is 13.2 Å². The highest BCUT2D eigenvalue weighted by molar-refractivity contribution is 6.30. The Balaban J connectivity index is 2.48. The second-order valence-electron chi connectivity index (χ2n) is 4.54. The van der Waals surface area contributed by atoms with E-state index in [2.05, 4.69) is 4.74 Å². The molecule has 0 amide bonds. The van der Waals surface area contributed by atoms with Gasteiger partial charge in [0.05, 0.1) is 0 Å². The van der Waals surface area contributed by atoms with Gasteiger partial charge in [-0.3, -0.25) is 4.79 Å². The zero-order valence-corrected chi connectivity index (χ0v) is 12.4. The lowest BCUT2D eigenvalue weighted by molar-refractivity contribution is -0.162. The van der Waals surface area contributed by atoms with E-state index in [0.717, 1.165) is 0 Å². The van der Waals surface area contributed by atoms with Crippen LogP contribution in [0, 0.1) is 0 Å². The van der Waals surface area contributed by atoms with Crippen molar-refractivity contribution in [2.24, 2.45) is 0 Å². The standard InChI is InChI=1S/C14H17ClO5/c1-10(16)18-8-9-19-13(17)14(2,3)20-12-6-4-11(15)5-7-12/h4-7H,8-9H2,1-3H3. The molecule has 1 aromatic rings. The van der Waals surface area contributed by atoms with Crippen LogP contribution in [-0.4, -0.2) is 30.8 Å². The lowest BCUT2D eigenvalue weighted by Crippen LogP contribution is -2.40. The molecule has 0 spiro atoms. The smallest absolute Gasteiger partial charge is 0.350 e. The van der Waals surface area contributed by atoms with Gasteiger partial charge in [-0.05, 0) is 38.1 Å². The molecule has 0 atom stereocenters. The van der Waals surface area contributed by atoms with E-state index in [1.807, 2.05) is 0 Å². The molecule has 0 saturated carbocycles. The Hall–Kier alpha value is -1.75. The van der Waals surface area contributed by atoms with Crippen LogP contribution in [0.5, 0.6) is 5.75 Å². The van der Waals surface area contributed by atoms with Gasteiger partial charge in [-0.15, -0.1) is 0 Å². The number of benzene rings is 1. The molecule has 0 aliphatic rings. The van der Waals surface area contributed by atoms with Crippen LogP contribution in [0.4, 0.5) is 0 Å². The average Bonchev–Trinajstić information content (AvgIpc) is 2.36. The summed E-state index contributed by atoms with van der Waals surface area (Å²) in [6, 6.07) is 6.66. The van der Waals surface area contributed by atoms with Crippen molar-refractivity contribution >= 4 is 23.5 Å². The predicted octanol–water partition coefficient (Wildman–Crippen LogP) is 2.60. The number of carbonyl (C=O) groups excluding carboxylic acids is 2. The molecule has 1 rings (SSSR count). The second-order valence-corrected chi connectivity index (χ2v) is 4.98. The summed E-state index contributed by atoms with van der Waals surface area (Å²) < 4.78 is 15.2. The molecule has 0 heterocycles. The molecule has 5 nitrogen and oxygen atoms in total. The van der Waals surface area contributed by atoms with E-state index in [9.17, 15) is 9.59 Å². The summed E-state index contributed by atoms with van der Waals surface area (Å²) in [5.41, 5.74) is -1.15. The average molecular weight is 301 g/mol. The van der Waals surface area contributed by atoms with E-state index in [1.165, 1.54) is 6.92 Å². The molecule has 0 saturated heterocycles. The minimum atomic E-state index is -1.15. The van der Waals surface area contributed by atoms with Crippen molar-refractivity contribution in [3.63, 3.8) is 0 Å². The van der Waals surface area contributed by atoms with E-state index in [0.29, 0.717) is 10.8 Å². The summed E-state index contributed by atoms with van der Waals surface area (Å²) >= 11 is 5.77. The Kier molecular flexibility index (Phi) is 5.82. The van der Waals surface area contributed by atoms with Gasteiger partial charge in [0.1, 0.15) is 19.0 Å². The zero-order valence-electron chi connectivity index (χ0n) is 11.6. The molecule has 0 aliphatic heterocycles. The van der Waals surface area contributed by atoms with Crippen LogP contribution in [0.25, 0.3) is 0 Å². The fraction of sp³-hybridized carbons (Fsp3) is 0.429. The lowest BCUT2D eigenvalue weighted by Gasteiger charge is -2.24. The van der Waals surface area contributed by atoms with E-state index in [4.69, 9.17) is 21.1 Å². The maximum atomic E-state index is 11.9. The van der Waals surface area contributed by atoms with Crippen LogP contribution in [0.15, 0.2) is 24.3 Å². The summed E-state index contributed by atoms with van der Waals surface area (Å²) in [4.78, 5) is 22.4. The Morgan fingerprint density at radius 2 is 1.65 bits per heavy atom. The van der Waals surface area contributed by atoms with Crippen LogP contribution < -0.4 is 4.74 Å². The minimum absolute atomic E-state index is 0.00811. The molecular weight excluding hydrogens is 284 g/mol. The van der Waals surface area contributed by atoms with Crippen LogP contribution in [0.1, 0.15) is 20.8 Å². The molecule has 0 unspecified atom stereocenters. The van der Waals surface area contributed by atoms with Gasteiger partial charge < -0.3 is 14.2 Å². The Labute approximate surface area is 122 Å². The third-order valence-electron chi connectivity index (χ3n) is 2.30. The number of rotatable bonds is 6. The molecule has 0 bridgehead atoms. The fourth-order valence-corrected chi connectivity index (χ4v) is 1.46. The molecule has 1 aromatic carbocycles. The summed E-state index contributed by atoms with van der Waals surface area (Å²) in [5, 5.41) is 0.583. The van der Waals surface area contributed by atoms with Crippen molar-refractivity contribution in [3.05, 3.63) is 29.3 Å². The first-order valence-electron chi connectivity index (χ1n) is 6.06. The number of esters is 2. The summed E-state index contributed by atoms with van der Waals surface area (Å²) in [6.45, 7) is 4.49. The highest BCUT2D eigenvalue weighted by Crippen LogP contribution is 2.21. The second kappa shape index (κ2) is 7.14. The van der Waals surface area contributed by atoms with Gasteiger partial charge in [-0.2, -0.15) is 0 Å². The number of hydrogen-bond donors (Lipinski definition) is 0. The molecule has 0 radical (unpaired) electrons. The quantitative estimate of drug-likeness (QED) is 0.597. The van der Waals surface area contributed by atoms with Crippen LogP contribution in [0.3, 0.4) is 0 Å². The molecular formula is C14H17ClO5. The molecule has 0 aliphatic carbocycles. The number of carbonyl (C=O) groups is 2. The van der Waals surface area contributed by atoms with Crippen molar-refractivity contribution in [3.8, 4) is 5.75 Å². The zero-order chi connectivity index (χ0) is 15.2. The summed E-state index contributed by atoms with van der Waals surface area (Å²) in [6.07, 6.45) is 0. The maximum Gasteiger partial charge on any atom is 0.350 e. The van der Waals surface area contributed by atoms with E-state index < -0.39 is 17.5 Å². The van der Waals surface area contributed by atoms with Crippen molar-refractivity contribution in [1.29, 1.82) is 0 Å². The lowest BCUT2D eigenvalue weighted by atomic mass is 10.1. The van der Waals surface area contributed by atoms with Crippen molar-refractivity contribution in [2.45, 2.75) is 26.4 Å². The normalized spacial score (nSPS) is 10.8. The third-order valence-corrected chi connectivity index (χ3v) is 2.55. The monoisotopic (exact) mass is 300 g/mol. The molecule has 110 valence electrons. The van der Waals surface area contributed by atoms with Crippen LogP contribution in [-0.2, 0) is 19.1 Å². The minimum Gasteiger partial charge on any atom is -0.476 e. The fourth-order valence-electron chi connectivity index (χ4n) is 1.33. The summed E-state index contributed by atoms with van der Waals surface area (Å²) in [5.74, 6) is -0.450. The molecule has 20 heavy (non-hydrogen) atoms. The predicted molar refractivity (Wildman–Crippen MR) is 73.8 cm³/mol. The highest BCUT2D eigenvalue weighted by atomic mass is 35.5. The molecule has 0 fully saturated rings. The van der Waals surface area contributed by atoms with Gasteiger partial charge in [0.25, 0.3) is 0 Å². The first kappa shape index (κ1) is 16.3. The van der Waals surface area contributed by atoms with E-state index >= 15 is 0 Å². The SMILES string of the molecule is CC(=O)OCCOC(=O)C(C)(C)Oc1ccc(Cl)cc1. The Morgan fingerprint density at radius 3 is 2.20 bits per heavy atom. The molecule has 0 aromatic heterocycles. The first-order chi connectivity index (χ1) is 9.31. The van der Waals surface area contributed by atoms with Crippen molar-refractivity contribution in [1.82, 2.24) is 0 Å². The number of ether oxygens (including phenoxy) is 3. The van der Waals surface area contributed by atoms with Gasteiger partial charge in [0, 0.05) is 11.9 Å². The Morgan fingerprint density at radius 1 is 1.10 bits per heavy atom. The van der Waals surface area contributed by atoms with Crippen LogP contribution in [0.2, 0.25) is 5.02 Å². The van der Waals surface area contributed by atoms with Gasteiger partial charge in [-0.1, -0.05) is 11.6 Å². The first-order valence-corrected chi connectivity index (χ1v) is 6.44. The number of halogens is 1. The van der Waals surface area contributed by atoms with Crippen LogP contribution >= 0.6 is 11.6 Å². The van der Waals surface area contributed by atoms with Gasteiger partial charge in [-0.25, -0.2) is 4.79 Å². The van der Waals surface area contributed by atoms with Gasteiger partial charge >= 0.3 is 11.9 Å². The largest absolute Gasteiger partial charge is 0.476 e.